The molecular weight excluding hydrogens is 1100 g/mol. The SMILES string of the molecule is N#Cc1ccc(COc2cccc(-c3cc(F)c(Cc4nc5ccc(C(=O)OC(=O)c6ccc7nc(Cc8cc(F)c(-c9cccc(OCc%10ccc(C#N)cc%10F)n9)cc8F)n(C8CCCC8)c7c6)cc5n4C4CCCC4)cc3F)n2)c(F)c1. The maximum Gasteiger partial charge on any atom is 0.346 e. The van der Waals surface area contributed by atoms with E-state index in [0.29, 0.717) is 33.7 Å². The molecule has 0 aliphatic heterocycles. The van der Waals surface area contributed by atoms with E-state index in [1.807, 2.05) is 21.3 Å². The van der Waals surface area contributed by atoms with E-state index in [9.17, 15) is 18.4 Å². The third kappa shape index (κ3) is 11.5. The summed E-state index contributed by atoms with van der Waals surface area (Å²) in [5.41, 5.74) is 2.85. The zero-order valence-electron chi connectivity index (χ0n) is 45.2. The number of benzene rings is 6. The van der Waals surface area contributed by atoms with Crippen molar-refractivity contribution in [1.82, 2.24) is 29.1 Å². The van der Waals surface area contributed by atoms with E-state index in [0.717, 1.165) is 87.8 Å². The van der Waals surface area contributed by atoms with E-state index in [2.05, 4.69) is 9.97 Å². The molecule has 12 rings (SSSR count). The van der Waals surface area contributed by atoms with Gasteiger partial charge in [-0.25, -0.2) is 55.9 Å². The van der Waals surface area contributed by atoms with Crippen molar-refractivity contribution in [3.05, 3.63) is 225 Å². The molecule has 0 bridgehead atoms. The highest BCUT2D eigenvalue weighted by molar-refractivity contribution is 6.05. The van der Waals surface area contributed by atoms with E-state index in [1.165, 1.54) is 60.7 Å². The number of imidazole rings is 2. The van der Waals surface area contributed by atoms with Gasteiger partial charge in [0.1, 0.15) is 59.8 Å². The summed E-state index contributed by atoms with van der Waals surface area (Å²) in [6.07, 6.45) is 6.61. The van der Waals surface area contributed by atoms with E-state index in [-0.39, 0.29) is 117 Å². The van der Waals surface area contributed by atoms with Gasteiger partial charge in [-0.3, -0.25) is 0 Å². The normalized spacial score (nSPS) is 13.6. The van der Waals surface area contributed by atoms with Crippen LogP contribution in [-0.4, -0.2) is 41.0 Å². The molecule has 85 heavy (non-hydrogen) atoms. The van der Waals surface area contributed by atoms with Gasteiger partial charge in [0.15, 0.2) is 0 Å². The van der Waals surface area contributed by atoms with Gasteiger partial charge in [0.2, 0.25) is 11.8 Å². The number of esters is 2. The third-order valence-corrected chi connectivity index (χ3v) is 15.6. The minimum Gasteiger partial charge on any atom is -0.473 e. The molecule has 0 atom stereocenters. The Labute approximate surface area is 482 Å². The van der Waals surface area contributed by atoms with E-state index in [1.54, 1.807) is 36.4 Å². The maximum atomic E-state index is 16.2. The Hall–Kier alpha value is -10.1. The minimum absolute atomic E-state index is 0.0286. The molecule has 4 heterocycles. The van der Waals surface area contributed by atoms with Crippen molar-refractivity contribution in [3.8, 4) is 46.4 Å². The first-order valence-electron chi connectivity index (χ1n) is 27.6. The van der Waals surface area contributed by atoms with Crippen LogP contribution in [0, 0.1) is 57.6 Å². The lowest BCUT2D eigenvalue weighted by Gasteiger charge is -2.17. The molecule has 2 aliphatic rings. The monoisotopic (exact) mass is 1150 g/mol. The molecule has 2 fully saturated rings. The van der Waals surface area contributed by atoms with Crippen LogP contribution in [0.5, 0.6) is 11.8 Å². The molecule has 0 saturated heterocycles. The first-order valence-corrected chi connectivity index (χ1v) is 27.6. The molecule has 424 valence electrons. The smallest absolute Gasteiger partial charge is 0.346 e. The largest absolute Gasteiger partial charge is 0.473 e. The van der Waals surface area contributed by atoms with Gasteiger partial charge in [-0.1, -0.05) is 49.9 Å². The Kier molecular flexibility index (Phi) is 15.4. The van der Waals surface area contributed by atoms with Gasteiger partial charge < -0.3 is 23.3 Å². The molecule has 6 aromatic carbocycles. The summed E-state index contributed by atoms with van der Waals surface area (Å²) in [6.45, 7) is -0.436. The number of ether oxygens (including phenoxy) is 3. The fourth-order valence-electron chi connectivity index (χ4n) is 11.4. The number of carbonyl (C=O) groups excluding carboxylic acids is 2. The fraction of sp³-hybridized carbons (Fsp3) is 0.212. The summed E-state index contributed by atoms with van der Waals surface area (Å²) in [5, 5.41) is 18.1. The van der Waals surface area contributed by atoms with Gasteiger partial charge in [-0.05, 0) is 134 Å². The molecule has 0 unspecified atom stereocenters. The van der Waals surface area contributed by atoms with Gasteiger partial charge >= 0.3 is 11.9 Å². The molecule has 2 aliphatic carbocycles. The van der Waals surface area contributed by atoms with Gasteiger partial charge in [-0.15, -0.1) is 0 Å². The number of nitrogens with zero attached hydrogens (tertiary/aromatic N) is 8. The number of aromatic nitrogens is 6. The first-order chi connectivity index (χ1) is 41.3. The number of hydrogen-bond acceptors (Lipinski definition) is 11. The average Bonchev–Trinajstić information content (AvgIpc) is 2.48. The number of nitriles is 2. The average molecular weight is 1150 g/mol. The summed E-state index contributed by atoms with van der Waals surface area (Å²) in [4.78, 5) is 46.2. The zero-order chi connectivity index (χ0) is 58.9. The first kappa shape index (κ1) is 55.4. The van der Waals surface area contributed by atoms with Gasteiger partial charge in [-0.2, -0.15) is 10.5 Å². The van der Waals surface area contributed by atoms with Crippen LogP contribution in [0.1, 0.15) is 129 Å². The van der Waals surface area contributed by atoms with Gasteiger partial charge in [0, 0.05) is 59.3 Å². The van der Waals surface area contributed by atoms with Crippen molar-refractivity contribution in [3.63, 3.8) is 0 Å². The van der Waals surface area contributed by atoms with Crippen molar-refractivity contribution >= 4 is 34.0 Å². The predicted octanol–water partition coefficient (Wildman–Crippen LogP) is 14.7. The topological polar surface area (TPSA) is 171 Å². The lowest BCUT2D eigenvalue weighted by atomic mass is 10.0. The minimum atomic E-state index is -0.931. The van der Waals surface area contributed by atoms with Crippen LogP contribution in [0.4, 0.5) is 26.3 Å². The molecule has 0 N–H and O–H groups in total. The lowest BCUT2D eigenvalue weighted by molar-refractivity contribution is 0.0397. The summed E-state index contributed by atoms with van der Waals surface area (Å²) in [7, 11) is 0. The Balaban J connectivity index is 0.758. The van der Waals surface area contributed by atoms with Crippen LogP contribution in [0.15, 0.2) is 133 Å². The number of halogens is 6. The maximum absolute atomic E-state index is 16.2. The molecule has 2 saturated carbocycles. The van der Waals surface area contributed by atoms with Crippen molar-refractivity contribution in [2.75, 3.05) is 0 Å². The Bertz CT molecular complexity index is 4110. The molecule has 0 amide bonds. The van der Waals surface area contributed by atoms with Crippen LogP contribution < -0.4 is 9.47 Å². The Morgan fingerprint density at radius 2 is 0.882 bits per heavy atom. The second-order valence-corrected chi connectivity index (χ2v) is 21.1. The molecular formula is C66H48F6N8O5. The Morgan fingerprint density at radius 1 is 0.471 bits per heavy atom. The fourth-order valence-corrected chi connectivity index (χ4v) is 11.4. The third-order valence-electron chi connectivity index (χ3n) is 15.6. The molecule has 0 spiro atoms. The number of rotatable bonds is 16. The molecule has 10 aromatic rings. The predicted molar refractivity (Wildman–Crippen MR) is 300 cm³/mol. The molecule has 4 aromatic heterocycles. The lowest BCUT2D eigenvalue weighted by Crippen LogP contribution is -2.14. The van der Waals surface area contributed by atoms with Crippen LogP contribution >= 0.6 is 0 Å². The quantitative estimate of drug-likeness (QED) is 0.0512. The zero-order valence-corrected chi connectivity index (χ0v) is 45.2. The van der Waals surface area contributed by atoms with Crippen molar-refractivity contribution in [2.24, 2.45) is 0 Å². The van der Waals surface area contributed by atoms with E-state index < -0.39 is 46.8 Å². The van der Waals surface area contributed by atoms with Crippen molar-refractivity contribution in [2.45, 2.75) is 89.5 Å². The highest BCUT2D eigenvalue weighted by Crippen LogP contribution is 2.38. The molecule has 13 nitrogen and oxygen atoms in total. The number of fused-ring (bicyclic) bond motifs is 2. The standard InChI is InChI=1S/C66H48F6N8O5/c67-49-23-37(33-73)15-17-41(49)35-83-63-13-5-11-55(77-63)47-31-51(69)43(25-53(47)71)29-61-75-57-21-19-39(27-59(57)79(61)45-7-1-2-8-45)65(81)85-66(82)40-20-22-58-60(28-40)80(46-9-3-4-10-46)62(76-58)30-44-26-54(72)48(32-52(44)70)56-12-6-14-64(78-56)84-36-42-18-16-38(34-74)24-50(42)68/h5-6,11-28,31-32,45-46H,1-4,7-10,29-30,35-36H2. The van der Waals surface area contributed by atoms with E-state index in [4.69, 9.17) is 34.7 Å². The van der Waals surface area contributed by atoms with Crippen LogP contribution in [0.2, 0.25) is 0 Å². The summed E-state index contributed by atoms with van der Waals surface area (Å²) >= 11 is 0. The van der Waals surface area contributed by atoms with Gasteiger partial charge in [0.25, 0.3) is 0 Å². The highest BCUT2D eigenvalue weighted by Gasteiger charge is 2.28. The van der Waals surface area contributed by atoms with E-state index >= 15 is 17.6 Å². The second kappa shape index (κ2) is 23.6. The number of carbonyl (C=O) groups is 2. The van der Waals surface area contributed by atoms with Crippen molar-refractivity contribution < 1.29 is 50.1 Å². The highest BCUT2D eigenvalue weighted by atomic mass is 19.1. The summed E-state index contributed by atoms with van der Waals surface area (Å²) < 4.78 is 114. The molecule has 0 radical (unpaired) electrons. The second-order valence-electron chi connectivity index (χ2n) is 21.1. The van der Waals surface area contributed by atoms with Crippen LogP contribution in [-0.2, 0) is 30.8 Å². The van der Waals surface area contributed by atoms with Gasteiger partial charge in [0.05, 0.1) is 67.8 Å². The number of hydrogen-bond donors (Lipinski definition) is 0. The summed E-state index contributed by atoms with van der Waals surface area (Å²) in [5.74, 6) is -5.07. The molecule has 19 heteroatoms. The Morgan fingerprint density at radius 3 is 1.28 bits per heavy atom. The van der Waals surface area contributed by atoms with Crippen molar-refractivity contribution in [1.29, 1.82) is 10.5 Å². The summed E-state index contributed by atoms with van der Waals surface area (Å²) in [6, 6.07) is 34.4. The van der Waals surface area contributed by atoms with Crippen LogP contribution in [0.3, 0.4) is 0 Å². The number of pyridine rings is 2. The van der Waals surface area contributed by atoms with Crippen LogP contribution in [0.25, 0.3) is 44.6 Å².